The van der Waals surface area contributed by atoms with Gasteiger partial charge in [-0.25, -0.2) is 0 Å². The molecule has 2 aromatic carbocycles. The van der Waals surface area contributed by atoms with Crippen LogP contribution >= 0.6 is 11.6 Å². The SMILES string of the molecule is N#Cc1cccc(CN2CCN(c3ccccc3Cl)CC2)c1. The molecule has 0 saturated carbocycles. The Kier molecular flexibility index (Phi) is 4.62. The zero-order valence-electron chi connectivity index (χ0n) is 12.4. The molecule has 0 aliphatic carbocycles. The lowest BCUT2D eigenvalue weighted by Crippen LogP contribution is -2.46. The number of piperazine rings is 1. The largest absolute Gasteiger partial charge is 0.368 e. The monoisotopic (exact) mass is 311 g/mol. The summed E-state index contributed by atoms with van der Waals surface area (Å²) in [7, 11) is 0. The second kappa shape index (κ2) is 6.83. The summed E-state index contributed by atoms with van der Waals surface area (Å²) in [5.41, 5.74) is 3.05. The van der Waals surface area contributed by atoms with E-state index in [0.29, 0.717) is 0 Å². The van der Waals surface area contributed by atoms with Crippen LogP contribution < -0.4 is 4.90 Å². The van der Waals surface area contributed by atoms with Crippen molar-refractivity contribution in [3.8, 4) is 6.07 Å². The van der Waals surface area contributed by atoms with Gasteiger partial charge in [0.15, 0.2) is 0 Å². The molecule has 1 heterocycles. The van der Waals surface area contributed by atoms with Crippen LogP contribution in [0.5, 0.6) is 0 Å². The molecule has 0 spiro atoms. The van der Waals surface area contributed by atoms with Crippen LogP contribution in [0, 0.1) is 11.3 Å². The highest BCUT2D eigenvalue weighted by Gasteiger charge is 2.18. The van der Waals surface area contributed by atoms with Crippen molar-refractivity contribution in [2.45, 2.75) is 6.54 Å². The van der Waals surface area contributed by atoms with Gasteiger partial charge in [0.2, 0.25) is 0 Å². The third kappa shape index (κ3) is 3.41. The molecule has 0 unspecified atom stereocenters. The molecule has 2 aromatic rings. The molecule has 1 aliphatic rings. The van der Waals surface area contributed by atoms with Crippen LogP contribution in [-0.4, -0.2) is 31.1 Å². The predicted octanol–water partition coefficient (Wildman–Crippen LogP) is 3.53. The zero-order chi connectivity index (χ0) is 15.4. The Labute approximate surface area is 136 Å². The van der Waals surface area contributed by atoms with E-state index in [1.807, 2.05) is 36.4 Å². The topological polar surface area (TPSA) is 30.3 Å². The van der Waals surface area contributed by atoms with Crippen molar-refractivity contribution < 1.29 is 0 Å². The number of benzene rings is 2. The molecule has 1 saturated heterocycles. The molecule has 112 valence electrons. The fraction of sp³-hybridized carbons (Fsp3) is 0.278. The molecule has 0 bridgehead atoms. The van der Waals surface area contributed by atoms with E-state index < -0.39 is 0 Å². The van der Waals surface area contributed by atoms with E-state index >= 15 is 0 Å². The lowest BCUT2D eigenvalue weighted by molar-refractivity contribution is 0.250. The number of hydrogen-bond acceptors (Lipinski definition) is 3. The summed E-state index contributed by atoms with van der Waals surface area (Å²) >= 11 is 6.27. The van der Waals surface area contributed by atoms with Crippen LogP contribution in [0.4, 0.5) is 5.69 Å². The van der Waals surface area contributed by atoms with Gasteiger partial charge in [-0.2, -0.15) is 5.26 Å². The van der Waals surface area contributed by atoms with Gasteiger partial charge in [0.25, 0.3) is 0 Å². The first-order valence-corrected chi connectivity index (χ1v) is 7.85. The minimum atomic E-state index is 0.729. The fourth-order valence-electron chi connectivity index (χ4n) is 2.85. The standard InChI is InChI=1S/C18H18ClN3/c19-17-6-1-2-7-18(17)22-10-8-21(9-11-22)14-16-5-3-4-15(12-16)13-20/h1-7,12H,8-11,14H2. The molecule has 0 aromatic heterocycles. The quantitative estimate of drug-likeness (QED) is 0.868. The summed E-state index contributed by atoms with van der Waals surface area (Å²) in [6.07, 6.45) is 0. The van der Waals surface area contributed by atoms with Gasteiger partial charge >= 0.3 is 0 Å². The van der Waals surface area contributed by atoms with Gasteiger partial charge in [0.1, 0.15) is 0 Å². The van der Waals surface area contributed by atoms with E-state index in [4.69, 9.17) is 16.9 Å². The van der Waals surface area contributed by atoms with Crippen LogP contribution in [0.25, 0.3) is 0 Å². The molecule has 3 rings (SSSR count). The van der Waals surface area contributed by atoms with Gasteiger partial charge in [-0.1, -0.05) is 35.9 Å². The molecular weight excluding hydrogens is 294 g/mol. The lowest BCUT2D eigenvalue weighted by atomic mass is 10.1. The Morgan fingerprint density at radius 2 is 1.77 bits per heavy atom. The molecule has 0 radical (unpaired) electrons. The molecule has 4 heteroatoms. The third-order valence-electron chi connectivity index (χ3n) is 4.03. The average molecular weight is 312 g/mol. The number of para-hydroxylation sites is 1. The van der Waals surface area contributed by atoms with Crippen molar-refractivity contribution in [2.24, 2.45) is 0 Å². The summed E-state index contributed by atoms with van der Waals surface area (Å²) in [5.74, 6) is 0. The van der Waals surface area contributed by atoms with Gasteiger partial charge in [0.05, 0.1) is 22.3 Å². The van der Waals surface area contributed by atoms with E-state index in [-0.39, 0.29) is 0 Å². The Bertz CT molecular complexity index is 685. The maximum atomic E-state index is 8.97. The van der Waals surface area contributed by atoms with Crippen LogP contribution in [0.2, 0.25) is 5.02 Å². The van der Waals surface area contributed by atoms with E-state index in [1.165, 1.54) is 5.56 Å². The third-order valence-corrected chi connectivity index (χ3v) is 4.35. The summed E-state index contributed by atoms with van der Waals surface area (Å²) in [4.78, 5) is 4.76. The average Bonchev–Trinajstić information content (AvgIpc) is 2.56. The number of nitriles is 1. The molecule has 3 nitrogen and oxygen atoms in total. The van der Waals surface area contributed by atoms with Crippen LogP contribution in [0.1, 0.15) is 11.1 Å². The first-order chi connectivity index (χ1) is 10.8. The van der Waals surface area contributed by atoms with Gasteiger partial charge in [-0.05, 0) is 29.8 Å². The Hall–Kier alpha value is -2.02. The summed E-state index contributed by atoms with van der Waals surface area (Å²) in [6.45, 7) is 4.85. The molecule has 1 aliphatic heterocycles. The second-order valence-corrected chi connectivity index (χ2v) is 5.93. The molecule has 0 N–H and O–H groups in total. The molecule has 1 fully saturated rings. The molecule has 0 atom stereocenters. The number of halogens is 1. The minimum absolute atomic E-state index is 0.729. The van der Waals surface area contributed by atoms with Crippen molar-refractivity contribution >= 4 is 17.3 Å². The zero-order valence-corrected chi connectivity index (χ0v) is 13.1. The first-order valence-electron chi connectivity index (χ1n) is 7.47. The minimum Gasteiger partial charge on any atom is -0.368 e. The highest BCUT2D eigenvalue weighted by Crippen LogP contribution is 2.26. The van der Waals surface area contributed by atoms with Crippen LogP contribution in [0.3, 0.4) is 0 Å². The Morgan fingerprint density at radius 1 is 1.00 bits per heavy atom. The lowest BCUT2D eigenvalue weighted by Gasteiger charge is -2.36. The maximum absolute atomic E-state index is 8.97. The summed E-state index contributed by atoms with van der Waals surface area (Å²) in [6, 6.07) is 18.1. The summed E-state index contributed by atoms with van der Waals surface area (Å²) < 4.78 is 0. The fourth-order valence-corrected chi connectivity index (χ4v) is 3.11. The number of anilines is 1. The molecule has 22 heavy (non-hydrogen) atoms. The number of nitrogens with zero attached hydrogens (tertiary/aromatic N) is 3. The molecule has 0 amide bonds. The normalized spacial score (nSPS) is 15.5. The van der Waals surface area contributed by atoms with Gasteiger partial charge in [0, 0.05) is 32.7 Å². The highest BCUT2D eigenvalue weighted by atomic mass is 35.5. The van der Waals surface area contributed by atoms with E-state index in [1.54, 1.807) is 0 Å². The van der Waals surface area contributed by atoms with E-state index in [9.17, 15) is 0 Å². The van der Waals surface area contributed by atoms with E-state index in [0.717, 1.165) is 49.0 Å². The van der Waals surface area contributed by atoms with Crippen molar-refractivity contribution in [1.82, 2.24) is 4.90 Å². The van der Waals surface area contributed by atoms with E-state index in [2.05, 4.69) is 28.0 Å². The molecular formula is C18H18ClN3. The number of hydrogen-bond donors (Lipinski definition) is 0. The summed E-state index contributed by atoms with van der Waals surface area (Å²) in [5, 5.41) is 9.79. The first kappa shape index (κ1) is 14.9. The number of rotatable bonds is 3. The Balaban J connectivity index is 1.60. The second-order valence-electron chi connectivity index (χ2n) is 5.53. The van der Waals surface area contributed by atoms with Gasteiger partial charge in [-0.3, -0.25) is 4.90 Å². The van der Waals surface area contributed by atoms with Crippen molar-refractivity contribution in [2.75, 3.05) is 31.1 Å². The maximum Gasteiger partial charge on any atom is 0.0991 e. The van der Waals surface area contributed by atoms with Crippen molar-refractivity contribution in [1.29, 1.82) is 5.26 Å². The van der Waals surface area contributed by atoms with Crippen molar-refractivity contribution in [3.05, 3.63) is 64.7 Å². The van der Waals surface area contributed by atoms with Crippen LogP contribution in [0.15, 0.2) is 48.5 Å². The smallest absolute Gasteiger partial charge is 0.0991 e. The van der Waals surface area contributed by atoms with Gasteiger partial charge < -0.3 is 4.90 Å². The van der Waals surface area contributed by atoms with Gasteiger partial charge in [-0.15, -0.1) is 0 Å². The Morgan fingerprint density at radius 3 is 2.50 bits per heavy atom. The predicted molar refractivity (Wildman–Crippen MR) is 90.1 cm³/mol. The highest BCUT2D eigenvalue weighted by molar-refractivity contribution is 6.33. The van der Waals surface area contributed by atoms with Crippen LogP contribution in [-0.2, 0) is 6.54 Å². The van der Waals surface area contributed by atoms with Crippen molar-refractivity contribution in [3.63, 3.8) is 0 Å².